The van der Waals surface area contributed by atoms with Crippen LogP contribution in [-0.2, 0) is 4.84 Å². The Labute approximate surface area is 113 Å². The number of hydrogen-bond donors (Lipinski definition) is 0. The van der Waals surface area contributed by atoms with Crippen LogP contribution in [0.2, 0.25) is 0 Å². The minimum Gasteiger partial charge on any atom is -0.269 e. The summed E-state index contributed by atoms with van der Waals surface area (Å²) in [5.41, 5.74) is 3.67. The van der Waals surface area contributed by atoms with Gasteiger partial charge in [0.1, 0.15) is 0 Å². The molecule has 0 aliphatic carbocycles. The Bertz CT molecular complexity index is 562. The van der Waals surface area contributed by atoms with E-state index in [2.05, 4.69) is 49.4 Å². The lowest BCUT2D eigenvalue weighted by Gasteiger charge is -2.35. The Morgan fingerprint density at radius 1 is 0.947 bits per heavy atom. The summed E-state index contributed by atoms with van der Waals surface area (Å²) in [6, 6.07) is 20.9. The molecule has 2 aromatic rings. The average molecular weight is 251 g/mol. The van der Waals surface area contributed by atoms with Crippen molar-refractivity contribution in [1.82, 2.24) is 0 Å². The molecule has 0 radical (unpaired) electrons. The molecule has 0 unspecified atom stereocenters. The van der Waals surface area contributed by atoms with Gasteiger partial charge in [0.2, 0.25) is 0 Å². The number of hydrogen-bond acceptors (Lipinski definition) is 2. The molecular formula is C17H17NO. The molecule has 3 rings (SSSR count). The third kappa shape index (κ3) is 2.40. The molecule has 0 fully saturated rings. The molecule has 0 bridgehead atoms. The molecule has 0 aromatic heterocycles. The summed E-state index contributed by atoms with van der Waals surface area (Å²) in [6.45, 7) is 2.79. The highest BCUT2D eigenvalue weighted by Gasteiger charge is 2.23. The topological polar surface area (TPSA) is 12.5 Å². The zero-order chi connectivity index (χ0) is 13.1. The van der Waals surface area contributed by atoms with Gasteiger partial charge in [-0.25, -0.2) is 5.06 Å². The molecule has 0 saturated carbocycles. The van der Waals surface area contributed by atoms with Crippen LogP contribution in [0.1, 0.15) is 12.5 Å². The predicted octanol–water partition coefficient (Wildman–Crippen LogP) is 3.91. The first-order valence-corrected chi connectivity index (χ1v) is 6.59. The van der Waals surface area contributed by atoms with E-state index in [1.54, 1.807) is 0 Å². The van der Waals surface area contributed by atoms with Crippen LogP contribution in [0.15, 0.2) is 66.7 Å². The predicted molar refractivity (Wildman–Crippen MR) is 78.8 cm³/mol. The molecular weight excluding hydrogens is 234 g/mol. The minimum absolute atomic E-state index is 0.207. The summed E-state index contributed by atoms with van der Waals surface area (Å²) in [5, 5.41) is 1.99. The average Bonchev–Trinajstić information content (AvgIpc) is 2.49. The highest BCUT2D eigenvalue weighted by atomic mass is 16.7. The molecule has 2 heteroatoms. The van der Waals surface area contributed by atoms with E-state index in [1.165, 1.54) is 11.1 Å². The van der Waals surface area contributed by atoms with Gasteiger partial charge < -0.3 is 0 Å². The molecule has 19 heavy (non-hydrogen) atoms. The molecule has 0 amide bonds. The Morgan fingerprint density at radius 3 is 2.26 bits per heavy atom. The fraction of sp³-hybridized carbons (Fsp3) is 0.176. The van der Waals surface area contributed by atoms with E-state index in [0.29, 0.717) is 6.61 Å². The third-order valence-electron chi connectivity index (χ3n) is 3.44. The number of para-hydroxylation sites is 1. The van der Waals surface area contributed by atoms with E-state index in [9.17, 15) is 0 Å². The van der Waals surface area contributed by atoms with Crippen molar-refractivity contribution >= 4 is 11.3 Å². The van der Waals surface area contributed by atoms with Crippen molar-refractivity contribution in [2.24, 2.45) is 0 Å². The SMILES string of the molecule is C[C@@H]1C(c2ccccc2)=CCON1c1ccccc1. The Kier molecular flexibility index (Phi) is 3.34. The van der Waals surface area contributed by atoms with Crippen LogP contribution in [0.5, 0.6) is 0 Å². The zero-order valence-electron chi connectivity index (χ0n) is 11.0. The van der Waals surface area contributed by atoms with Gasteiger partial charge in [-0.3, -0.25) is 4.84 Å². The molecule has 1 atom stereocenters. The van der Waals surface area contributed by atoms with Gasteiger partial charge in [-0.05, 0) is 30.2 Å². The van der Waals surface area contributed by atoms with E-state index in [-0.39, 0.29) is 6.04 Å². The van der Waals surface area contributed by atoms with Crippen molar-refractivity contribution in [1.29, 1.82) is 0 Å². The maximum absolute atomic E-state index is 5.78. The first-order chi connectivity index (χ1) is 9.36. The maximum atomic E-state index is 5.78. The first kappa shape index (κ1) is 12.0. The summed E-state index contributed by atoms with van der Waals surface area (Å²) in [6.07, 6.45) is 2.17. The number of anilines is 1. The summed E-state index contributed by atoms with van der Waals surface area (Å²) >= 11 is 0. The van der Waals surface area contributed by atoms with Gasteiger partial charge in [0.25, 0.3) is 0 Å². The standard InChI is InChI=1S/C17H17NO/c1-14-17(15-8-4-2-5-9-15)12-13-19-18(14)16-10-6-3-7-11-16/h2-12,14H,13H2,1H3/t14-/m1/s1. The fourth-order valence-electron chi connectivity index (χ4n) is 2.48. The van der Waals surface area contributed by atoms with E-state index in [0.717, 1.165) is 5.69 Å². The highest BCUT2D eigenvalue weighted by molar-refractivity contribution is 5.73. The van der Waals surface area contributed by atoms with Crippen molar-refractivity contribution in [3.63, 3.8) is 0 Å². The molecule has 0 N–H and O–H groups in total. The second kappa shape index (κ2) is 5.29. The lowest BCUT2D eigenvalue weighted by atomic mass is 9.98. The maximum Gasteiger partial charge on any atom is 0.0937 e. The van der Waals surface area contributed by atoms with E-state index in [1.807, 2.05) is 29.3 Å². The van der Waals surface area contributed by atoms with Crippen molar-refractivity contribution < 1.29 is 4.84 Å². The second-order valence-corrected chi connectivity index (χ2v) is 4.66. The highest BCUT2D eigenvalue weighted by Crippen LogP contribution is 2.29. The van der Waals surface area contributed by atoms with Crippen LogP contribution in [-0.4, -0.2) is 12.6 Å². The first-order valence-electron chi connectivity index (χ1n) is 6.59. The Hall–Kier alpha value is -2.06. The number of hydroxylamine groups is 1. The molecule has 1 aliphatic heterocycles. The van der Waals surface area contributed by atoms with Crippen LogP contribution in [0.3, 0.4) is 0 Å². The van der Waals surface area contributed by atoms with Gasteiger partial charge in [0.05, 0.1) is 18.3 Å². The molecule has 96 valence electrons. The van der Waals surface area contributed by atoms with Crippen molar-refractivity contribution in [2.75, 3.05) is 11.7 Å². The zero-order valence-corrected chi connectivity index (χ0v) is 11.0. The number of rotatable bonds is 2. The van der Waals surface area contributed by atoms with Crippen LogP contribution in [0.25, 0.3) is 5.57 Å². The van der Waals surface area contributed by atoms with Crippen LogP contribution < -0.4 is 5.06 Å². The molecule has 0 spiro atoms. The van der Waals surface area contributed by atoms with E-state index >= 15 is 0 Å². The van der Waals surface area contributed by atoms with Gasteiger partial charge in [-0.15, -0.1) is 0 Å². The van der Waals surface area contributed by atoms with Gasteiger partial charge in [-0.2, -0.15) is 0 Å². The summed E-state index contributed by atoms with van der Waals surface area (Å²) in [7, 11) is 0. The largest absolute Gasteiger partial charge is 0.269 e. The van der Waals surface area contributed by atoms with Crippen LogP contribution in [0.4, 0.5) is 5.69 Å². The fourth-order valence-corrected chi connectivity index (χ4v) is 2.48. The third-order valence-corrected chi connectivity index (χ3v) is 3.44. The molecule has 2 aromatic carbocycles. The van der Waals surface area contributed by atoms with Gasteiger partial charge >= 0.3 is 0 Å². The molecule has 0 saturated heterocycles. The lowest BCUT2D eigenvalue weighted by molar-refractivity contribution is 0.116. The second-order valence-electron chi connectivity index (χ2n) is 4.66. The lowest BCUT2D eigenvalue weighted by Crippen LogP contribution is -2.37. The van der Waals surface area contributed by atoms with Gasteiger partial charge in [0, 0.05) is 0 Å². The van der Waals surface area contributed by atoms with Crippen molar-refractivity contribution in [3.05, 3.63) is 72.3 Å². The van der Waals surface area contributed by atoms with Crippen LogP contribution >= 0.6 is 0 Å². The summed E-state index contributed by atoms with van der Waals surface area (Å²) < 4.78 is 0. The molecule has 1 heterocycles. The molecule has 2 nitrogen and oxygen atoms in total. The smallest absolute Gasteiger partial charge is 0.0937 e. The number of nitrogens with zero attached hydrogens (tertiary/aromatic N) is 1. The molecule has 1 aliphatic rings. The van der Waals surface area contributed by atoms with E-state index in [4.69, 9.17) is 4.84 Å². The van der Waals surface area contributed by atoms with Gasteiger partial charge in [0.15, 0.2) is 0 Å². The van der Waals surface area contributed by atoms with Crippen molar-refractivity contribution in [2.45, 2.75) is 13.0 Å². The minimum atomic E-state index is 0.207. The normalized spacial score (nSPS) is 19.1. The van der Waals surface area contributed by atoms with Gasteiger partial charge in [-0.1, -0.05) is 54.6 Å². The Morgan fingerprint density at radius 2 is 1.58 bits per heavy atom. The van der Waals surface area contributed by atoms with Crippen molar-refractivity contribution in [3.8, 4) is 0 Å². The summed E-state index contributed by atoms with van der Waals surface area (Å²) in [4.78, 5) is 5.78. The monoisotopic (exact) mass is 251 g/mol. The summed E-state index contributed by atoms with van der Waals surface area (Å²) in [5.74, 6) is 0. The quantitative estimate of drug-likeness (QED) is 0.802. The number of benzene rings is 2. The van der Waals surface area contributed by atoms with Crippen LogP contribution in [0, 0.1) is 0 Å². The Balaban J connectivity index is 1.91. The van der Waals surface area contributed by atoms with E-state index < -0.39 is 0 Å².